The first-order chi connectivity index (χ1) is 7.54. The second-order valence-corrected chi connectivity index (χ2v) is 3.58. The number of hydrogen-bond acceptors (Lipinski definition) is 4. The van der Waals surface area contributed by atoms with Crippen molar-refractivity contribution in [3.63, 3.8) is 0 Å². The maximum absolute atomic E-state index is 11.7. The summed E-state index contributed by atoms with van der Waals surface area (Å²) in [7, 11) is 1.72. The van der Waals surface area contributed by atoms with Crippen molar-refractivity contribution in [3.05, 3.63) is 11.9 Å². The van der Waals surface area contributed by atoms with Gasteiger partial charge >= 0.3 is 0 Å². The van der Waals surface area contributed by atoms with Gasteiger partial charge in [0.25, 0.3) is 5.91 Å². The van der Waals surface area contributed by atoms with E-state index in [9.17, 15) is 4.79 Å². The van der Waals surface area contributed by atoms with E-state index in [0.29, 0.717) is 18.8 Å². The Labute approximate surface area is 94.8 Å². The van der Waals surface area contributed by atoms with Crippen molar-refractivity contribution in [1.29, 1.82) is 0 Å². The van der Waals surface area contributed by atoms with Crippen LogP contribution in [0.1, 0.15) is 24.3 Å². The van der Waals surface area contributed by atoms with Gasteiger partial charge in [-0.15, -0.1) is 0 Å². The van der Waals surface area contributed by atoms with Gasteiger partial charge in [-0.25, -0.2) is 0 Å². The third kappa shape index (κ3) is 3.23. The van der Waals surface area contributed by atoms with Crippen molar-refractivity contribution >= 4 is 11.6 Å². The summed E-state index contributed by atoms with van der Waals surface area (Å²) in [6.07, 6.45) is 1.58. The summed E-state index contributed by atoms with van der Waals surface area (Å²) < 4.78 is 6.80. The molecule has 1 atom stereocenters. The fourth-order valence-corrected chi connectivity index (χ4v) is 1.35. The van der Waals surface area contributed by atoms with E-state index in [-0.39, 0.29) is 17.7 Å². The van der Waals surface area contributed by atoms with Crippen molar-refractivity contribution in [2.45, 2.75) is 20.0 Å². The lowest BCUT2D eigenvalue weighted by atomic mass is 10.3. The molecule has 16 heavy (non-hydrogen) atoms. The molecule has 0 aliphatic carbocycles. The van der Waals surface area contributed by atoms with E-state index in [2.05, 4.69) is 10.4 Å². The van der Waals surface area contributed by atoms with E-state index >= 15 is 0 Å². The number of aryl methyl sites for hydroxylation is 1. The molecule has 1 aromatic rings. The number of rotatable bonds is 5. The smallest absolute Gasteiger partial charge is 0.274 e. The molecule has 1 heterocycles. The van der Waals surface area contributed by atoms with Gasteiger partial charge in [-0.2, -0.15) is 5.10 Å². The summed E-state index contributed by atoms with van der Waals surface area (Å²) >= 11 is 0. The summed E-state index contributed by atoms with van der Waals surface area (Å²) in [5.74, 6) is -0.273. The molecular weight excluding hydrogens is 208 g/mol. The van der Waals surface area contributed by atoms with Crippen LogP contribution in [0.2, 0.25) is 0 Å². The quantitative estimate of drug-likeness (QED) is 0.749. The van der Waals surface area contributed by atoms with Crippen molar-refractivity contribution < 1.29 is 9.53 Å². The van der Waals surface area contributed by atoms with Gasteiger partial charge in [0.1, 0.15) is 0 Å². The van der Waals surface area contributed by atoms with Gasteiger partial charge in [0, 0.05) is 26.4 Å². The minimum atomic E-state index is -0.273. The van der Waals surface area contributed by atoms with E-state index in [0.717, 1.165) is 0 Å². The maximum atomic E-state index is 11.7. The highest BCUT2D eigenvalue weighted by Gasteiger charge is 2.14. The summed E-state index contributed by atoms with van der Waals surface area (Å²) in [5.41, 5.74) is 6.27. The zero-order valence-corrected chi connectivity index (χ0v) is 9.86. The fraction of sp³-hybridized carbons (Fsp3) is 0.600. The molecule has 1 amide bonds. The Bertz CT molecular complexity index is 362. The van der Waals surface area contributed by atoms with Crippen LogP contribution in [0.5, 0.6) is 0 Å². The molecule has 0 radical (unpaired) electrons. The van der Waals surface area contributed by atoms with Gasteiger partial charge in [-0.05, 0) is 13.8 Å². The topological polar surface area (TPSA) is 82.2 Å². The first-order valence-corrected chi connectivity index (χ1v) is 5.23. The molecule has 0 aromatic carbocycles. The lowest BCUT2D eigenvalue weighted by molar-refractivity contribution is 0.0693. The molecule has 6 heteroatoms. The number of nitrogens with one attached hydrogen (secondary N) is 1. The van der Waals surface area contributed by atoms with Crippen LogP contribution in [0.3, 0.4) is 0 Å². The Morgan fingerprint density at radius 2 is 2.44 bits per heavy atom. The fourth-order valence-electron chi connectivity index (χ4n) is 1.35. The van der Waals surface area contributed by atoms with Crippen LogP contribution in [-0.4, -0.2) is 34.9 Å². The second kappa shape index (κ2) is 5.50. The number of amides is 1. The standard InChI is InChI=1S/C10H18N4O2/c1-4-16-7(2)5-12-10(15)9-8(11)6-14(3)13-9/h6-7H,4-5,11H2,1-3H3,(H,12,15). The molecule has 1 aromatic heterocycles. The van der Waals surface area contributed by atoms with Crippen LogP contribution in [0.15, 0.2) is 6.20 Å². The van der Waals surface area contributed by atoms with E-state index in [4.69, 9.17) is 10.5 Å². The highest BCUT2D eigenvalue weighted by Crippen LogP contribution is 2.07. The Morgan fingerprint density at radius 3 is 2.94 bits per heavy atom. The van der Waals surface area contributed by atoms with Crippen LogP contribution in [0.25, 0.3) is 0 Å². The minimum absolute atomic E-state index is 0.0149. The molecule has 0 saturated heterocycles. The summed E-state index contributed by atoms with van der Waals surface area (Å²) in [5, 5.41) is 6.69. The highest BCUT2D eigenvalue weighted by atomic mass is 16.5. The second-order valence-electron chi connectivity index (χ2n) is 3.58. The zero-order chi connectivity index (χ0) is 12.1. The molecule has 0 spiro atoms. The van der Waals surface area contributed by atoms with Gasteiger partial charge in [-0.1, -0.05) is 0 Å². The van der Waals surface area contributed by atoms with Crippen LogP contribution in [-0.2, 0) is 11.8 Å². The lowest BCUT2D eigenvalue weighted by Crippen LogP contribution is -2.32. The Kier molecular flexibility index (Phi) is 4.30. The molecule has 0 aliphatic rings. The van der Waals surface area contributed by atoms with E-state index in [1.165, 1.54) is 4.68 Å². The summed E-state index contributed by atoms with van der Waals surface area (Å²) in [6, 6.07) is 0. The number of carbonyl (C=O) groups excluding carboxylic acids is 1. The number of nitrogens with zero attached hydrogens (tertiary/aromatic N) is 2. The molecule has 3 N–H and O–H groups in total. The van der Waals surface area contributed by atoms with E-state index < -0.39 is 0 Å². The molecule has 0 fully saturated rings. The predicted octanol–water partition coefficient (Wildman–Crippen LogP) is 0.157. The number of carbonyl (C=O) groups is 1. The SMILES string of the molecule is CCOC(C)CNC(=O)c1nn(C)cc1N. The third-order valence-corrected chi connectivity index (χ3v) is 2.07. The number of nitrogens with two attached hydrogens (primary N) is 1. The van der Waals surface area contributed by atoms with E-state index in [1.54, 1.807) is 13.2 Å². The average Bonchev–Trinajstić information content (AvgIpc) is 2.55. The van der Waals surface area contributed by atoms with Crippen LogP contribution in [0.4, 0.5) is 5.69 Å². The molecule has 0 bridgehead atoms. The van der Waals surface area contributed by atoms with E-state index in [1.807, 2.05) is 13.8 Å². The summed E-state index contributed by atoms with van der Waals surface area (Å²) in [4.78, 5) is 11.7. The van der Waals surface area contributed by atoms with Crippen molar-refractivity contribution in [1.82, 2.24) is 15.1 Å². The molecular formula is C10H18N4O2. The molecule has 0 saturated carbocycles. The summed E-state index contributed by atoms with van der Waals surface area (Å²) in [6.45, 7) is 4.88. The number of aromatic nitrogens is 2. The predicted molar refractivity (Wildman–Crippen MR) is 61.0 cm³/mol. The Morgan fingerprint density at radius 1 is 1.75 bits per heavy atom. The molecule has 1 unspecified atom stereocenters. The Hall–Kier alpha value is -1.56. The van der Waals surface area contributed by atoms with Crippen molar-refractivity contribution in [3.8, 4) is 0 Å². The first-order valence-electron chi connectivity index (χ1n) is 5.23. The van der Waals surface area contributed by atoms with Crippen LogP contribution < -0.4 is 11.1 Å². The van der Waals surface area contributed by atoms with Gasteiger partial charge in [0.15, 0.2) is 5.69 Å². The lowest BCUT2D eigenvalue weighted by Gasteiger charge is -2.11. The number of ether oxygens (including phenoxy) is 1. The zero-order valence-electron chi connectivity index (χ0n) is 9.86. The number of anilines is 1. The Balaban J connectivity index is 2.50. The highest BCUT2D eigenvalue weighted by molar-refractivity contribution is 5.96. The normalized spacial score (nSPS) is 12.4. The van der Waals surface area contributed by atoms with Crippen LogP contribution >= 0.6 is 0 Å². The first kappa shape index (κ1) is 12.5. The van der Waals surface area contributed by atoms with Crippen LogP contribution in [0, 0.1) is 0 Å². The monoisotopic (exact) mass is 226 g/mol. The van der Waals surface area contributed by atoms with Crippen molar-refractivity contribution in [2.75, 3.05) is 18.9 Å². The van der Waals surface area contributed by atoms with Gasteiger partial charge in [-0.3, -0.25) is 9.48 Å². The largest absolute Gasteiger partial charge is 0.396 e. The molecule has 1 rings (SSSR count). The molecule has 90 valence electrons. The van der Waals surface area contributed by atoms with Crippen molar-refractivity contribution in [2.24, 2.45) is 7.05 Å². The van der Waals surface area contributed by atoms with Gasteiger partial charge < -0.3 is 15.8 Å². The molecule has 0 aliphatic heterocycles. The maximum Gasteiger partial charge on any atom is 0.274 e. The average molecular weight is 226 g/mol. The number of nitrogen functional groups attached to an aromatic ring is 1. The number of hydrogen-bond donors (Lipinski definition) is 2. The third-order valence-electron chi connectivity index (χ3n) is 2.07. The van der Waals surface area contributed by atoms with Gasteiger partial charge in [0.2, 0.25) is 0 Å². The minimum Gasteiger partial charge on any atom is -0.396 e. The van der Waals surface area contributed by atoms with Gasteiger partial charge in [0.05, 0.1) is 11.8 Å². The molecule has 6 nitrogen and oxygen atoms in total.